The summed E-state index contributed by atoms with van der Waals surface area (Å²) in [7, 11) is 0. The molecule has 3 fully saturated rings. The van der Waals surface area contributed by atoms with Crippen molar-refractivity contribution in [3.8, 4) is 0 Å². The summed E-state index contributed by atoms with van der Waals surface area (Å²) in [6.07, 6.45) is 7.15. The Labute approximate surface area is 170 Å². The summed E-state index contributed by atoms with van der Waals surface area (Å²) in [4.78, 5) is 47.7. The van der Waals surface area contributed by atoms with E-state index in [0.717, 1.165) is 45.3 Å². The molecule has 0 saturated carbocycles. The fraction of sp³-hybridized carbons (Fsp3) is 0.714. The third-order valence-corrected chi connectivity index (χ3v) is 6.71. The number of nitrogens with one attached hydrogen (secondary N) is 1. The lowest BCUT2D eigenvalue weighted by molar-refractivity contribution is -0.143. The molecule has 0 aromatic carbocycles. The summed E-state index contributed by atoms with van der Waals surface area (Å²) in [6, 6.07) is 0. The predicted octanol–water partition coefficient (Wildman–Crippen LogP) is 1.03. The highest BCUT2D eigenvalue weighted by atomic mass is 16.5. The van der Waals surface area contributed by atoms with E-state index in [9.17, 15) is 14.4 Å². The zero-order valence-electron chi connectivity index (χ0n) is 17.1. The van der Waals surface area contributed by atoms with Gasteiger partial charge in [-0.1, -0.05) is 0 Å². The summed E-state index contributed by atoms with van der Waals surface area (Å²) >= 11 is 0. The van der Waals surface area contributed by atoms with Crippen LogP contribution >= 0.6 is 0 Å². The van der Waals surface area contributed by atoms with Gasteiger partial charge >= 0.3 is 0 Å². The average molecular weight is 402 g/mol. The highest BCUT2D eigenvalue weighted by Crippen LogP contribution is 2.40. The Morgan fingerprint density at radius 2 is 2.10 bits per heavy atom. The lowest BCUT2D eigenvalue weighted by Crippen LogP contribution is -2.53. The van der Waals surface area contributed by atoms with E-state index in [1.54, 1.807) is 6.92 Å². The molecular weight excluding hydrogens is 372 g/mol. The largest absolute Gasteiger partial charge is 0.376 e. The number of nitrogens with zero attached hydrogens (tertiary/aromatic N) is 3. The van der Waals surface area contributed by atoms with E-state index >= 15 is 0 Å². The molecule has 1 atom stereocenters. The Morgan fingerprint density at radius 3 is 2.79 bits per heavy atom. The first-order chi connectivity index (χ1) is 13.9. The van der Waals surface area contributed by atoms with Crippen LogP contribution in [0.2, 0.25) is 0 Å². The van der Waals surface area contributed by atoms with Gasteiger partial charge in [0.25, 0.3) is 5.56 Å². The van der Waals surface area contributed by atoms with Gasteiger partial charge in [0.2, 0.25) is 11.8 Å². The number of aromatic nitrogens is 2. The second kappa shape index (κ2) is 8.26. The lowest BCUT2D eigenvalue weighted by atomic mass is 9.72. The van der Waals surface area contributed by atoms with E-state index in [2.05, 4.69) is 9.97 Å². The third-order valence-electron chi connectivity index (χ3n) is 6.71. The predicted molar refractivity (Wildman–Crippen MR) is 106 cm³/mol. The van der Waals surface area contributed by atoms with Crippen molar-refractivity contribution in [2.24, 2.45) is 5.41 Å². The van der Waals surface area contributed by atoms with Crippen LogP contribution in [0.5, 0.6) is 0 Å². The zero-order valence-corrected chi connectivity index (χ0v) is 17.1. The van der Waals surface area contributed by atoms with Gasteiger partial charge in [0.1, 0.15) is 5.82 Å². The zero-order chi connectivity index (χ0) is 20.4. The van der Waals surface area contributed by atoms with Crippen molar-refractivity contribution in [3.05, 3.63) is 27.9 Å². The van der Waals surface area contributed by atoms with Gasteiger partial charge in [-0.3, -0.25) is 14.4 Å². The van der Waals surface area contributed by atoms with Crippen molar-refractivity contribution in [3.63, 3.8) is 0 Å². The fourth-order valence-corrected chi connectivity index (χ4v) is 4.85. The molecule has 1 aromatic rings. The van der Waals surface area contributed by atoms with E-state index in [1.807, 2.05) is 9.80 Å². The van der Waals surface area contributed by atoms with E-state index in [-0.39, 0.29) is 35.3 Å². The first-order valence-corrected chi connectivity index (χ1v) is 10.7. The third kappa shape index (κ3) is 4.52. The maximum absolute atomic E-state index is 12.7. The smallest absolute Gasteiger partial charge is 0.254 e. The highest BCUT2D eigenvalue weighted by molar-refractivity contribution is 5.79. The highest BCUT2D eigenvalue weighted by Gasteiger charge is 2.42. The number of hydrogen-bond donors (Lipinski definition) is 1. The number of likely N-dealkylation sites (tertiary alicyclic amines) is 2. The molecule has 158 valence electrons. The maximum atomic E-state index is 12.7. The van der Waals surface area contributed by atoms with Crippen LogP contribution in [-0.4, -0.2) is 70.5 Å². The summed E-state index contributed by atoms with van der Waals surface area (Å²) in [5.74, 6) is 0.750. The van der Waals surface area contributed by atoms with Crippen molar-refractivity contribution in [1.29, 1.82) is 0 Å². The molecule has 4 rings (SSSR count). The lowest BCUT2D eigenvalue weighted by Gasteiger charge is -2.47. The van der Waals surface area contributed by atoms with Crippen LogP contribution in [0.3, 0.4) is 0 Å². The van der Waals surface area contributed by atoms with Crippen molar-refractivity contribution in [2.45, 2.75) is 58.0 Å². The number of rotatable bonds is 4. The number of hydrogen-bond acceptors (Lipinski definition) is 5. The van der Waals surface area contributed by atoms with Crippen molar-refractivity contribution in [1.82, 2.24) is 19.8 Å². The van der Waals surface area contributed by atoms with E-state index in [1.165, 1.54) is 6.20 Å². The minimum atomic E-state index is -0.241. The fourth-order valence-electron chi connectivity index (χ4n) is 4.85. The van der Waals surface area contributed by atoms with Crippen LogP contribution < -0.4 is 5.56 Å². The van der Waals surface area contributed by atoms with Gasteiger partial charge in [0.05, 0.1) is 12.5 Å². The number of H-pyrrole nitrogens is 1. The van der Waals surface area contributed by atoms with Gasteiger partial charge in [-0.2, -0.15) is 0 Å². The first-order valence-electron chi connectivity index (χ1n) is 10.7. The number of ether oxygens (including phenoxy) is 1. The van der Waals surface area contributed by atoms with Gasteiger partial charge < -0.3 is 19.5 Å². The average Bonchev–Trinajstić information content (AvgIpc) is 3.21. The minimum absolute atomic E-state index is 0.0286. The molecule has 1 aromatic heterocycles. The number of carbonyl (C=O) groups is 2. The molecule has 8 heteroatoms. The second-order valence-electron chi connectivity index (χ2n) is 8.79. The van der Waals surface area contributed by atoms with Gasteiger partial charge in [0, 0.05) is 51.0 Å². The van der Waals surface area contributed by atoms with Crippen molar-refractivity contribution in [2.75, 3.05) is 32.8 Å². The molecular formula is C21H30N4O4. The molecule has 0 radical (unpaired) electrons. The molecule has 4 heterocycles. The van der Waals surface area contributed by atoms with Gasteiger partial charge in [-0.25, -0.2) is 4.98 Å². The normalized spacial score (nSPS) is 24.3. The summed E-state index contributed by atoms with van der Waals surface area (Å²) in [5, 5.41) is 0. The topological polar surface area (TPSA) is 95.6 Å². The van der Waals surface area contributed by atoms with Gasteiger partial charge in [0.15, 0.2) is 0 Å². The van der Waals surface area contributed by atoms with Crippen LogP contribution in [0.25, 0.3) is 0 Å². The van der Waals surface area contributed by atoms with Gasteiger partial charge in [-0.15, -0.1) is 0 Å². The summed E-state index contributed by atoms with van der Waals surface area (Å²) in [6.45, 7) is 5.35. The number of piperidine rings is 2. The Bertz CT molecular complexity index is 822. The molecule has 2 amide bonds. The van der Waals surface area contributed by atoms with Crippen molar-refractivity contribution >= 4 is 11.8 Å². The Morgan fingerprint density at radius 1 is 1.31 bits per heavy atom. The standard InChI is InChI=1S/C21H30N4O4/c1-15-22-12-16(20(28)23-15)11-19(27)24-8-6-21(7-9-24)5-4-18(26)25(14-21)13-17-3-2-10-29-17/h12,17H,2-11,13-14H2,1H3,(H,22,23,28)/t17-/m0/s1. The number of amides is 2. The number of aromatic amines is 1. The molecule has 3 aliphatic heterocycles. The molecule has 0 aliphatic carbocycles. The van der Waals surface area contributed by atoms with Crippen LogP contribution in [0.1, 0.15) is 49.9 Å². The van der Waals surface area contributed by atoms with E-state index in [4.69, 9.17) is 4.74 Å². The first kappa shape index (κ1) is 20.1. The SMILES string of the molecule is Cc1ncc(CC(=O)N2CCC3(CCC(=O)N(C[C@@H]4CCCO4)C3)CC2)c(=O)[nH]1. The summed E-state index contributed by atoms with van der Waals surface area (Å²) in [5.41, 5.74) is 0.272. The maximum Gasteiger partial charge on any atom is 0.254 e. The molecule has 0 bridgehead atoms. The van der Waals surface area contributed by atoms with Crippen LogP contribution in [0.4, 0.5) is 0 Å². The molecule has 1 N–H and O–H groups in total. The Kier molecular flexibility index (Phi) is 5.72. The monoisotopic (exact) mass is 402 g/mol. The van der Waals surface area contributed by atoms with E-state index < -0.39 is 0 Å². The van der Waals surface area contributed by atoms with Gasteiger partial charge in [-0.05, 0) is 44.4 Å². The molecule has 3 aliphatic rings. The second-order valence-corrected chi connectivity index (χ2v) is 8.79. The number of carbonyl (C=O) groups excluding carboxylic acids is 2. The van der Waals surface area contributed by atoms with Crippen LogP contribution in [0, 0.1) is 12.3 Å². The molecule has 3 saturated heterocycles. The minimum Gasteiger partial charge on any atom is -0.376 e. The number of aryl methyl sites for hydroxylation is 1. The summed E-state index contributed by atoms with van der Waals surface area (Å²) < 4.78 is 5.72. The molecule has 1 spiro atoms. The molecule has 0 unspecified atom stereocenters. The van der Waals surface area contributed by atoms with Crippen LogP contribution in [0.15, 0.2) is 11.0 Å². The quantitative estimate of drug-likeness (QED) is 0.812. The Balaban J connectivity index is 1.33. The van der Waals surface area contributed by atoms with E-state index in [0.29, 0.717) is 37.4 Å². The van der Waals surface area contributed by atoms with Crippen LogP contribution in [-0.2, 0) is 20.7 Å². The van der Waals surface area contributed by atoms with Crippen molar-refractivity contribution < 1.29 is 14.3 Å². The molecule has 29 heavy (non-hydrogen) atoms. The molecule has 8 nitrogen and oxygen atoms in total. The Hall–Kier alpha value is -2.22.